The smallest absolute Gasteiger partial charge is 0.255 e. The Bertz CT molecular complexity index is 1020. The van der Waals surface area contributed by atoms with Crippen molar-refractivity contribution in [1.29, 1.82) is 0 Å². The van der Waals surface area contributed by atoms with E-state index in [-0.39, 0.29) is 11.7 Å². The van der Waals surface area contributed by atoms with E-state index in [1.54, 1.807) is 37.3 Å². The Kier molecular flexibility index (Phi) is 6.87. The number of amides is 1. The summed E-state index contributed by atoms with van der Waals surface area (Å²) >= 11 is 0. The normalized spacial score (nSPS) is 13.5. The number of rotatable bonds is 8. The molecule has 0 saturated carbocycles. The third-order valence-electron chi connectivity index (χ3n) is 4.93. The third kappa shape index (κ3) is 4.70. The summed E-state index contributed by atoms with van der Waals surface area (Å²) in [6.07, 6.45) is 1.60. The van der Waals surface area contributed by atoms with Gasteiger partial charge in [-0.15, -0.1) is 0 Å². The monoisotopic (exact) mass is 432 g/mol. The van der Waals surface area contributed by atoms with E-state index < -0.39 is 10.0 Å². The van der Waals surface area contributed by atoms with Crippen LogP contribution < -0.4 is 19.1 Å². The SMILES string of the molecule is CCOc1ccc(C(=O)Nc2ccc3c(c2)N(S(=O)(=O)CC)CCC3)cc1OCC. The lowest BCUT2D eigenvalue weighted by molar-refractivity contribution is 0.102. The molecule has 0 aromatic heterocycles. The summed E-state index contributed by atoms with van der Waals surface area (Å²) in [5.41, 5.74) is 2.58. The van der Waals surface area contributed by atoms with Gasteiger partial charge in [0.15, 0.2) is 11.5 Å². The number of fused-ring (bicyclic) bond motifs is 1. The van der Waals surface area contributed by atoms with Crippen LogP contribution in [0, 0.1) is 0 Å². The molecule has 1 N–H and O–H groups in total. The zero-order chi connectivity index (χ0) is 21.7. The first-order valence-electron chi connectivity index (χ1n) is 10.2. The van der Waals surface area contributed by atoms with E-state index in [9.17, 15) is 13.2 Å². The molecule has 0 spiro atoms. The highest BCUT2D eigenvalue weighted by Gasteiger charge is 2.26. The molecule has 0 radical (unpaired) electrons. The van der Waals surface area contributed by atoms with Crippen molar-refractivity contribution in [2.45, 2.75) is 33.6 Å². The van der Waals surface area contributed by atoms with Gasteiger partial charge in [0.1, 0.15) is 0 Å². The Morgan fingerprint density at radius 3 is 2.47 bits per heavy atom. The molecular weight excluding hydrogens is 404 g/mol. The maximum atomic E-state index is 12.8. The second-order valence-corrected chi connectivity index (χ2v) is 9.08. The third-order valence-corrected chi connectivity index (χ3v) is 6.71. The molecule has 0 fully saturated rings. The molecular formula is C22H28N2O5S. The van der Waals surface area contributed by atoms with Crippen molar-refractivity contribution in [3.8, 4) is 11.5 Å². The molecule has 2 aromatic rings. The minimum atomic E-state index is -3.36. The molecule has 1 heterocycles. The van der Waals surface area contributed by atoms with Gasteiger partial charge in [0, 0.05) is 17.8 Å². The fourth-order valence-corrected chi connectivity index (χ4v) is 4.65. The number of aryl methyl sites for hydroxylation is 1. The number of carbonyl (C=O) groups is 1. The van der Waals surface area contributed by atoms with Gasteiger partial charge in [-0.25, -0.2) is 8.42 Å². The molecule has 0 saturated heterocycles. The first-order valence-corrected chi connectivity index (χ1v) is 11.8. The average molecular weight is 433 g/mol. The Morgan fingerprint density at radius 2 is 1.77 bits per heavy atom. The summed E-state index contributed by atoms with van der Waals surface area (Å²) < 4.78 is 37.5. The molecule has 2 aromatic carbocycles. The van der Waals surface area contributed by atoms with Crippen LogP contribution >= 0.6 is 0 Å². The summed E-state index contributed by atoms with van der Waals surface area (Å²) in [5, 5.41) is 2.86. The van der Waals surface area contributed by atoms with E-state index in [2.05, 4.69) is 5.32 Å². The van der Waals surface area contributed by atoms with Crippen molar-refractivity contribution in [2.75, 3.05) is 35.1 Å². The Morgan fingerprint density at radius 1 is 1.03 bits per heavy atom. The number of hydrogen-bond donors (Lipinski definition) is 1. The average Bonchev–Trinajstić information content (AvgIpc) is 2.74. The quantitative estimate of drug-likeness (QED) is 0.685. The number of carbonyl (C=O) groups excluding carboxylic acids is 1. The molecule has 1 aliphatic heterocycles. The predicted octanol–water partition coefficient (Wildman–Crippen LogP) is 3.84. The molecule has 0 unspecified atom stereocenters. The number of anilines is 2. The van der Waals surface area contributed by atoms with Crippen molar-refractivity contribution in [3.05, 3.63) is 47.5 Å². The van der Waals surface area contributed by atoms with E-state index in [0.717, 1.165) is 18.4 Å². The zero-order valence-electron chi connectivity index (χ0n) is 17.6. The predicted molar refractivity (Wildman–Crippen MR) is 118 cm³/mol. The number of nitrogens with zero attached hydrogens (tertiary/aromatic N) is 1. The number of benzene rings is 2. The van der Waals surface area contributed by atoms with Gasteiger partial charge in [-0.1, -0.05) is 6.07 Å². The van der Waals surface area contributed by atoms with Gasteiger partial charge in [0.2, 0.25) is 10.0 Å². The zero-order valence-corrected chi connectivity index (χ0v) is 18.4. The minimum absolute atomic E-state index is 0.0371. The molecule has 30 heavy (non-hydrogen) atoms. The van der Waals surface area contributed by atoms with Crippen LogP contribution in [0.1, 0.15) is 43.1 Å². The number of ether oxygens (including phenoxy) is 2. The Hall–Kier alpha value is -2.74. The largest absolute Gasteiger partial charge is 0.490 e. The highest BCUT2D eigenvalue weighted by Crippen LogP contribution is 2.33. The number of sulfonamides is 1. The standard InChI is InChI=1S/C22H28N2O5S/c1-4-28-20-12-10-17(14-21(20)29-5-2)22(25)23-18-11-9-16-8-7-13-24(19(16)15-18)30(26,27)6-3/h9-12,14-15H,4-8,13H2,1-3H3,(H,23,25). The lowest BCUT2D eigenvalue weighted by Gasteiger charge is -2.30. The molecule has 8 heteroatoms. The van der Waals surface area contributed by atoms with Crippen molar-refractivity contribution < 1.29 is 22.7 Å². The maximum Gasteiger partial charge on any atom is 0.255 e. The lowest BCUT2D eigenvalue weighted by Crippen LogP contribution is -2.36. The van der Waals surface area contributed by atoms with Crippen molar-refractivity contribution in [3.63, 3.8) is 0 Å². The second kappa shape index (κ2) is 9.38. The van der Waals surface area contributed by atoms with Gasteiger partial charge in [-0.05, 0) is 69.5 Å². The van der Waals surface area contributed by atoms with Gasteiger partial charge < -0.3 is 14.8 Å². The van der Waals surface area contributed by atoms with Crippen molar-refractivity contribution >= 4 is 27.3 Å². The van der Waals surface area contributed by atoms with Gasteiger partial charge >= 0.3 is 0 Å². The van der Waals surface area contributed by atoms with E-state index >= 15 is 0 Å². The fraction of sp³-hybridized carbons (Fsp3) is 0.409. The topological polar surface area (TPSA) is 84.9 Å². The van der Waals surface area contributed by atoms with Crippen LogP contribution in [0.5, 0.6) is 11.5 Å². The van der Waals surface area contributed by atoms with E-state index in [1.165, 1.54) is 4.31 Å². The van der Waals surface area contributed by atoms with Crippen LogP contribution in [-0.2, 0) is 16.4 Å². The maximum absolute atomic E-state index is 12.8. The highest BCUT2D eigenvalue weighted by molar-refractivity contribution is 7.92. The first-order chi connectivity index (χ1) is 14.4. The summed E-state index contributed by atoms with van der Waals surface area (Å²) in [5.74, 6) is 0.831. The van der Waals surface area contributed by atoms with Crippen LogP contribution in [0.3, 0.4) is 0 Å². The number of hydrogen-bond acceptors (Lipinski definition) is 5. The molecule has 0 atom stereocenters. The lowest BCUT2D eigenvalue weighted by atomic mass is 10.0. The van der Waals surface area contributed by atoms with Crippen molar-refractivity contribution in [1.82, 2.24) is 0 Å². The first kappa shape index (κ1) is 22.0. The summed E-state index contributed by atoms with van der Waals surface area (Å²) in [7, 11) is -3.36. The van der Waals surface area contributed by atoms with E-state index in [1.807, 2.05) is 19.9 Å². The van der Waals surface area contributed by atoms with Crippen LogP contribution in [0.2, 0.25) is 0 Å². The minimum Gasteiger partial charge on any atom is -0.490 e. The fourth-order valence-electron chi connectivity index (χ4n) is 3.46. The second-order valence-electron chi connectivity index (χ2n) is 6.90. The summed E-state index contributed by atoms with van der Waals surface area (Å²) in [6.45, 7) is 6.80. The molecule has 0 aliphatic carbocycles. The van der Waals surface area contributed by atoms with Crippen LogP contribution in [0.25, 0.3) is 0 Å². The molecule has 3 rings (SSSR count). The van der Waals surface area contributed by atoms with E-state index in [0.29, 0.717) is 48.2 Å². The summed E-state index contributed by atoms with van der Waals surface area (Å²) in [4.78, 5) is 12.8. The van der Waals surface area contributed by atoms with Crippen molar-refractivity contribution in [2.24, 2.45) is 0 Å². The number of nitrogens with one attached hydrogen (secondary N) is 1. The van der Waals surface area contributed by atoms with Gasteiger partial charge in [0.25, 0.3) is 5.91 Å². The molecule has 0 bridgehead atoms. The molecule has 162 valence electrons. The van der Waals surface area contributed by atoms with Gasteiger partial charge in [0.05, 0.1) is 24.7 Å². The molecule has 7 nitrogen and oxygen atoms in total. The highest BCUT2D eigenvalue weighted by atomic mass is 32.2. The van der Waals surface area contributed by atoms with Crippen LogP contribution in [0.15, 0.2) is 36.4 Å². The van der Waals surface area contributed by atoms with Crippen LogP contribution in [-0.4, -0.2) is 39.8 Å². The van der Waals surface area contributed by atoms with E-state index in [4.69, 9.17) is 9.47 Å². The summed E-state index contributed by atoms with van der Waals surface area (Å²) in [6, 6.07) is 10.5. The van der Waals surface area contributed by atoms with Gasteiger partial charge in [-0.3, -0.25) is 9.10 Å². The van der Waals surface area contributed by atoms with Crippen LogP contribution in [0.4, 0.5) is 11.4 Å². The Balaban J connectivity index is 1.86. The Labute approximate surface area is 178 Å². The molecule has 1 aliphatic rings. The molecule has 1 amide bonds. The van der Waals surface area contributed by atoms with Gasteiger partial charge in [-0.2, -0.15) is 0 Å².